The van der Waals surface area contributed by atoms with Crippen LogP contribution in [0.25, 0.3) is 10.9 Å². The summed E-state index contributed by atoms with van der Waals surface area (Å²) in [6.07, 6.45) is 4.63. The molecule has 1 fully saturated rings. The standard InChI is InChI=1S/C12H12BrN3O3/c13-8-5-10-9(11(6-8)16(17)18)7-15(14-10)12-3-1-2-4-19-12/h5-7,12H,1-4H2/t12-/m1/s1. The van der Waals surface area contributed by atoms with Crippen molar-refractivity contribution in [2.45, 2.75) is 25.5 Å². The molecule has 0 radical (unpaired) electrons. The van der Waals surface area contributed by atoms with Crippen LogP contribution in [-0.4, -0.2) is 21.3 Å². The number of ether oxygens (including phenoxy) is 1. The summed E-state index contributed by atoms with van der Waals surface area (Å²) in [7, 11) is 0. The molecule has 0 aliphatic carbocycles. The molecule has 0 spiro atoms. The van der Waals surface area contributed by atoms with Gasteiger partial charge in [0.1, 0.15) is 11.7 Å². The SMILES string of the molecule is O=[N+]([O-])c1cc(Br)cc2nn([C@H]3CCCCO3)cc12. The Bertz CT molecular complexity index is 634. The van der Waals surface area contributed by atoms with Crippen molar-refractivity contribution < 1.29 is 9.66 Å². The fourth-order valence-electron chi connectivity index (χ4n) is 2.32. The molecule has 100 valence electrons. The largest absolute Gasteiger partial charge is 0.357 e. The highest BCUT2D eigenvalue weighted by molar-refractivity contribution is 9.10. The lowest BCUT2D eigenvalue weighted by Crippen LogP contribution is -2.18. The normalized spacial score (nSPS) is 19.7. The summed E-state index contributed by atoms with van der Waals surface area (Å²) in [6.45, 7) is 0.715. The van der Waals surface area contributed by atoms with Crippen molar-refractivity contribution in [2.24, 2.45) is 0 Å². The van der Waals surface area contributed by atoms with Gasteiger partial charge < -0.3 is 4.74 Å². The third kappa shape index (κ3) is 2.35. The van der Waals surface area contributed by atoms with Crippen LogP contribution in [0, 0.1) is 10.1 Å². The van der Waals surface area contributed by atoms with Gasteiger partial charge in [-0.25, -0.2) is 4.68 Å². The number of nitro groups is 1. The van der Waals surface area contributed by atoms with E-state index < -0.39 is 0 Å². The van der Waals surface area contributed by atoms with Crippen molar-refractivity contribution >= 4 is 32.5 Å². The van der Waals surface area contributed by atoms with Crippen LogP contribution in [0.4, 0.5) is 5.69 Å². The van der Waals surface area contributed by atoms with Crippen molar-refractivity contribution in [3.05, 3.63) is 32.9 Å². The first-order chi connectivity index (χ1) is 9.15. The Morgan fingerprint density at radius 1 is 1.47 bits per heavy atom. The van der Waals surface area contributed by atoms with Gasteiger partial charge in [-0.05, 0) is 25.3 Å². The Labute approximate surface area is 117 Å². The van der Waals surface area contributed by atoms with Crippen molar-refractivity contribution in [1.29, 1.82) is 0 Å². The average Bonchev–Trinajstić information content (AvgIpc) is 2.82. The first-order valence-electron chi connectivity index (χ1n) is 6.09. The number of nitrogens with zero attached hydrogens (tertiary/aromatic N) is 3. The monoisotopic (exact) mass is 325 g/mol. The molecule has 1 aromatic heterocycles. The van der Waals surface area contributed by atoms with Gasteiger partial charge in [0.2, 0.25) is 0 Å². The second-order valence-corrected chi connectivity index (χ2v) is 5.46. The maximum Gasteiger partial charge on any atom is 0.281 e. The summed E-state index contributed by atoms with van der Waals surface area (Å²) in [5.41, 5.74) is 0.668. The van der Waals surface area contributed by atoms with Gasteiger partial charge in [0.15, 0.2) is 0 Å². The number of halogens is 1. The van der Waals surface area contributed by atoms with Gasteiger partial charge >= 0.3 is 0 Å². The lowest BCUT2D eigenvalue weighted by atomic mass is 10.2. The number of benzene rings is 1. The number of rotatable bonds is 2. The van der Waals surface area contributed by atoms with E-state index in [0.29, 0.717) is 22.0 Å². The highest BCUT2D eigenvalue weighted by atomic mass is 79.9. The van der Waals surface area contributed by atoms with E-state index in [0.717, 1.165) is 19.3 Å². The maximum atomic E-state index is 11.1. The number of nitro benzene ring substituents is 1. The molecule has 19 heavy (non-hydrogen) atoms. The Morgan fingerprint density at radius 2 is 2.32 bits per heavy atom. The summed E-state index contributed by atoms with van der Waals surface area (Å²) >= 11 is 3.27. The van der Waals surface area contributed by atoms with E-state index in [-0.39, 0.29) is 16.8 Å². The quantitative estimate of drug-likeness (QED) is 0.626. The summed E-state index contributed by atoms with van der Waals surface area (Å²) in [6, 6.07) is 3.28. The van der Waals surface area contributed by atoms with Gasteiger partial charge in [0.05, 0.1) is 10.3 Å². The van der Waals surface area contributed by atoms with Crippen molar-refractivity contribution in [2.75, 3.05) is 6.61 Å². The Morgan fingerprint density at radius 3 is 3.00 bits per heavy atom. The van der Waals surface area contributed by atoms with Gasteiger partial charge in [-0.1, -0.05) is 15.9 Å². The van der Waals surface area contributed by atoms with Gasteiger partial charge in [0.25, 0.3) is 5.69 Å². The first-order valence-corrected chi connectivity index (χ1v) is 6.89. The minimum atomic E-state index is -0.388. The molecule has 0 N–H and O–H groups in total. The van der Waals surface area contributed by atoms with Crippen LogP contribution in [0.1, 0.15) is 25.5 Å². The van der Waals surface area contributed by atoms with E-state index in [4.69, 9.17) is 4.74 Å². The zero-order valence-electron chi connectivity index (χ0n) is 10.1. The summed E-state index contributed by atoms with van der Waals surface area (Å²) in [4.78, 5) is 10.7. The molecular weight excluding hydrogens is 314 g/mol. The fourth-order valence-corrected chi connectivity index (χ4v) is 2.75. The number of hydrogen-bond donors (Lipinski definition) is 0. The summed E-state index contributed by atoms with van der Waals surface area (Å²) in [5, 5.41) is 16.0. The second kappa shape index (κ2) is 4.90. The molecule has 2 heterocycles. The van der Waals surface area contributed by atoms with Crippen LogP contribution in [0.3, 0.4) is 0 Å². The lowest BCUT2D eigenvalue weighted by molar-refractivity contribution is -0.383. The molecule has 1 aliphatic rings. The predicted octanol–water partition coefficient (Wildman–Crippen LogP) is 3.41. The highest BCUT2D eigenvalue weighted by Crippen LogP contribution is 2.31. The van der Waals surface area contributed by atoms with E-state index in [9.17, 15) is 10.1 Å². The van der Waals surface area contributed by atoms with Crippen LogP contribution in [0.5, 0.6) is 0 Å². The lowest BCUT2D eigenvalue weighted by Gasteiger charge is -2.22. The molecule has 0 saturated carbocycles. The molecule has 7 heteroatoms. The molecule has 3 rings (SSSR count). The Kier molecular flexibility index (Phi) is 3.24. The highest BCUT2D eigenvalue weighted by Gasteiger charge is 2.21. The van der Waals surface area contributed by atoms with E-state index >= 15 is 0 Å². The fraction of sp³-hybridized carbons (Fsp3) is 0.417. The molecule has 6 nitrogen and oxygen atoms in total. The average molecular weight is 326 g/mol. The Hall–Kier alpha value is -1.47. The zero-order valence-corrected chi connectivity index (χ0v) is 11.7. The molecule has 2 aromatic rings. The molecule has 1 saturated heterocycles. The third-order valence-corrected chi connectivity index (χ3v) is 3.69. The summed E-state index contributed by atoms with van der Waals surface area (Å²) in [5.74, 6) is 0. The zero-order chi connectivity index (χ0) is 13.4. The van der Waals surface area contributed by atoms with E-state index in [1.807, 2.05) is 0 Å². The third-order valence-electron chi connectivity index (χ3n) is 3.23. The molecule has 0 bridgehead atoms. The predicted molar refractivity (Wildman–Crippen MR) is 72.9 cm³/mol. The number of hydrogen-bond acceptors (Lipinski definition) is 4. The van der Waals surface area contributed by atoms with Crippen LogP contribution in [-0.2, 0) is 4.74 Å². The maximum absolute atomic E-state index is 11.1. The topological polar surface area (TPSA) is 70.2 Å². The van der Waals surface area contributed by atoms with Crippen LogP contribution in [0.15, 0.2) is 22.8 Å². The first kappa shape index (κ1) is 12.6. The van der Waals surface area contributed by atoms with Crippen molar-refractivity contribution in [1.82, 2.24) is 9.78 Å². The molecule has 0 amide bonds. The number of fused-ring (bicyclic) bond motifs is 1. The Balaban J connectivity index is 2.09. The van der Waals surface area contributed by atoms with Crippen LogP contribution < -0.4 is 0 Å². The molecule has 1 atom stereocenters. The van der Waals surface area contributed by atoms with Crippen molar-refractivity contribution in [3.8, 4) is 0 Å². The van der Waals surface area contributed by atoms with Crippen molar-refractivity contribution in [3.63, 3.8) is 0 Å². The minimum Gasteiger partial charge on any atom is -0.357 e. The van der Waals surface area contributed by atoms with Gasteiger partial charge in [0, 0.05) is 23.3 Å². The number of aromatic nitrogens is 2. The van der Waals surface area contributed by atoms with E-state index in [1.165, 1.54) is 6.07 Å². The molecule has 1 aromatic carbocycles. The number of non-ortho nitro benzene ring substituents is 1. The van der Waals surface area contributed by atoms with Gasteiger partial charge in [-0.2, -0.15) is 5.10 Å². The molecule has 1 aliphatic heterocycles. The smallest absolute Gasteiger partial charge is 0.281 e. The summed E-state index contributed by atoms with van der Waals surface area (Å²) < 4.78 is 7.99. The second-order valence-electron chi connectivity index (χ2n) is 4.55. The molecular formula is C12H12BrN3O3. The van der Waals surface area contributed by atoms with Crippen LogP contribution >= 0.6 is 15.9 Å². The van der Waals surface area contributed by atoms with Crippen LogP contribution in [0.2, 0.25) is 0 Å². The van der Waals surface area contributed by atoms with E-state index in [1.54, 1.807) is 16.9 Å². The minimum absolute atomic E-state index is 0.0615. The van der Waals surface area contributed by atoms with Gasteiger partial charge in [-0.3, -0.25) is 10.1 Å². The molecule has 0 unspecified atom stereocenters. The van der Waals surface area contributed by atoms with E-state index in [2.05, 4.69) is 21.0 Å². The van der Waals surface area contributed by atoms with Gasteiger partial charge in [-0.15, -0.1) is 0 Å².